The van der Waals surface area contributed by atoms with Gasteiger partial charge in [-0.1, -0.05) is 0 Å². The summed E-state index contributed by atoms with van der Waals surface area (Å²) in [5.74, 6) is 0. The number of methoxy groups -OCH3 is 1. The van der Waals surface area contributed by atoms with Crippen LogP contribution in [0.15, 0.2) is 18.5 Å². The van der Waals surface area contributed by atoms with Gasteiger partial charge in [0, 0.05) is 39.1 Å². The van der Waals surface area contributed by atoms with Crippen molar-refractivity contribution in [2.24, 2.45) is 7.05 Å². The van der Waals surface area contributed by atoms with Crippen LogP contribution in [0.5, 0.6) is 0 Å². The molecule has 0 aliphatic heterocycles. The molecule has 1 rings (SSSR count). The number of nitrogens with one attached hydrogen (secondary N) is 1. The molecule has 1 unspecified atom stereocenters. The van der Waals surface area contributed by atoms with Crippen molar-refractivity contribution in [3.63, 3.8) is 0 Å². The molecule has 1 heterocycles. The molecule has 0 radical (unpaired) electrons. The molecular formula is C10H18N2O. The van der Waals surface area contributed by atoms with Gasteiger partial charge < -0.3 is 14.6 Å². The molecule has 3 heteroatoms. The molecular weight excluding hydrogens is 164 g/mol. The largest absolute Gasteiger partial charge is 0.383 e. The summed E-state index contributed by atoms with van der Waals surface area (Å²) in [6, 6.07) is 2.53. The van der Waals surface area contributed by atoms with E-state index in [-0.39, 0.29) is 0 Å². The van der Waals surface area contributed by atoms with Gasteiger partial charge in [-0.25, -0.2) is 0 Å². The molecule has 0 spiro atoms. The van der Waals surface area contributed by atoms with Gasteiger partial charge in [-0.3, -0.25) is 0 Å². The average Bonchev–Trinajstić information content (AvgIpc) is 2.49. The summed E-state index contributed by atoms with van der Waals surface area (Å²) in [4.78, 5) is 0. The van der Waals surface area contributed by atoms with E-state index in [4.69, 9.17) is 4.74 Å². The maximum Gasteiger partial charge on any atom is 0.0613 e. The maximum atomic E-state index is 5.03. The molecule has 0 aliphatic rings. The van der Waals surface area contributed by atoms with Gasteiger partial charge in [0.2, 0.25) is 0 Å². The molecule has 0 amide bonds. The van der Waals surface area contributed by atoms with E-state index >= 15 is 0 Å². The first kappa shape index (κ1) is 10.3. The van der Waals surface area contributed by atoms with Crippen LogP contribution < -0.4 is 5.32 Å². The Hall–Kier alpha value is -0.800. The van der Waals surface area contributed by atoms with Gasteiger partial charge in [-0.2, -0.15) is 0 Å². The van der Waals surface area contributed by atoms with Crippen molar-refractivity contribution < 1.29 is 4.74 Å². The summed E-state index contributed by atoms with van der Waals surface area (Å²) in [5.41, 5.74) is 1.31. The molecule has 3 nitrogen and oxygen atoms in total. The Morgan fingerprint density at radius 3 is 2.92 bits per heavy atom. The van der Waals surface area contributed by atoms with Crippen LogP contribution >= 0.6 is 0 Å². The van der Waals surface area contributed by atoms with Crippen molar-refractivity contribution in [1.29, 1.82) is 0 Å². The Morgan fingerprint density at radius 2 is 2.38 bits per heavy atom. The van der Waals surface area contributed by atoms with Crippen molar-refractivity contribution in [1.82, 2.24) is 9.88 Å². The monoisotopic (exact) mass is 182 g/mol. The molecule has 13 heavy (non-hydrogen) atoms. The van der Waals surface area contributed by atoms with E-state index in [0.29, 0.717) is 6.04 Å². The van der Waals surface area contributed by atoms with Crippen molar-refractivity contribution in [3.05, 3.63) is 24.0 Å². The first-order valence-electron chi connectivity index (χ1n) is 4.55. The van der Waals surface area contributed by atoms with Gasteiger partial charge in [0.1, 0.15) is 0 Å². The molecule has 0 aliphatic carbocycles. The van der Waals surface area contributed by atoms with Crippen molar-refractivity contribution in [3.8, 4) is 0 Å². The Balaban J connectivity index is 2.26. The van der Waals surface area contributed by atoms with Gasteiger partial charge >= 0.3 is 0 Å². The summed E-state index contributed by atoms with van der Waals surface area (Å²) in [6.07, 6.45) is 4.17. The zero-order chi connectivity index (χ0) is 9.68. The van der Waals surface area contributed by atoms with E-state index in [1.165, 1.54) is 5.56 Å². The van der Waals surface area contributed by atoms with Crippen LogP contribution in [0.4, 0.5) is 0 Å². The molecule has 1 aromatic heterocycles. The number of ether oxygens (including phenoxy) is 1. The van der Waals surface area contributed by atoms with E-state index in [2.05, 4.69) is 35.3 Å². The number of aryl methyl sites for hydroxylation is 1. The first-order chi connectivity index (χ1) is 6.22. The average molecular weight is 182 g/mol. The van der Waals surface area contributed by atoms with E-state index in [0.717, 1.165) is 13.2 Å². The van der Waals surface area contributed by atoms with E-state index < -0.39 is 0 Å². The summed E-state index contributed by atoms with van der Waals surface area (Å²) >= 11 is 0. The van der Waals surface area contributed by atoms with E-state index in [1.807, 2.05) is 7.05 Å². The number of nitrogens with zero attached hydrogens (tertiary/aromatic N) is 1. The van der Waals surface area contributed by atoms with Crippen LogP contribution in [0.2, 0.25) is 0 Å². The second-order valence-corrected chi connectivity index (χ2v) is 3.42. The fourth-order valence-electron chi connectivity index (χ4n) is 1.27. The minimum atomic E-state index is 0.408. The van der Waals surface area contributed by atoms with Gasteiger partial charge in [0.05, 0.1) is 6.61 Å². The molecule has 0 fully saturated rings. The SMILES string of the molecule is COCC(C)NCc1ccn(C)c1. The Morgan fingerprint density at radius 1 is 1.62 bits per heavy atom. The predicted molar refractivity (Wildman–Crippen MR) is 53.6 cm³/mol. The number of aromatic nitrogens is 1. The molecule has 0 aromatic carbocycles. The Bertz CT molecular complexity index is 245. The van der Waals surface area contributed by atoms with Crippen LogP contribution in [0.3, 0.4) is 0 Å². The maximum absolute atomic E-state index is 5.03. The zero-order valence-electron chi connectivity index (χ0n) is 8.58. The van der Waals surface area contributed by atoms with Gasteiger partial charge in [-0.15, -0.1) is 0 Å². The van der Waals surface area contributed by atoms with Crippen LogP contribution in [0.25, 0.3) is 0 Å². The molecule has 1 N–H and O–H groups in total. The third kappa shape index (κ3) is 3.61. The fourth-order valence-corrected chi connectivity index (χ4v) is 1.27. The highest BCUT2D eigenvalue weighted by atomic mass is 16.5. The summed E-state index contributed by atoms with van der Waals surface area (Å²) in [7, 11) is 3.75. The van der Waals surface area contributed by atoms with Crippen molar-refractivity contribution in [2.45, 2.75) is 19.5 Å². The third-order valence-corrected chi connectivity index (χ3v) is 1.96. The lowest BCUT2D eigenvalue weighted by Gasteiger charge is -2.11. The molecule has 1 atom stereocenters. The fraction of sp³-hybridized carbons (Fsp3) is 0.600. The highest BCUT2D eigenvalue weighted by Crippen LogP contribution is 1.99. The van der Waals surface area contributed by atoms with Gasteiger partial charge in [0.25, 0.3) is 0 Å². The molecule has 0 saturated heterocycles. The van der Waals surface area contributed by atoms with Gasteiger partial charge in [0.15, 0.2) is 0 Å². The highest BCUT2D eigenvalue weighted by molar-refractivity contribution is 5.09. The normalized spacial score (nSPS) is 13.2. The lowest BCUT2D eigenvalue weighted by Crippen LogP contribution is -2.29. The minimum Gasteiger partial charge on any atom is -0.383 e. The van der Waals surface area contributed by atoms with Crippen LogP contribution in [-0.2, 0) is 18.3 Å². The second-order valence-electron chi connectivity index (χ2n) is 3.42. The Kier molecular flexibility index (Phi) is 3.99. The summed E-state index contributed by atoms with van der Waals surface area (Å²) in [5, 5.41) is 3.37. The quantitative estimate of drug-likeness (QED) is 0.739. The Labute approximate surface area is 79.7 Å². The lowest BCUT2D eigenvalue weighted by molar-refractivity contribution is 0.171. The highest BCUT2D eigenvalue weighted by Gasteiger charge is 2.00. The van der Waals surface area contributed by atoms with Crippen molar-refractivity contribution >= 4 is 0 Å². The van der Waals surface area contributed by atoms with Crippen LogP contribution in [0.1, 0.15) is 12.5 Å². The first-order valence-corrected chi connectivity index (χ1v) is 4.55. The topological polar surface area (TPSA) is 26.2 Å². The lowest BCUT2D eigenvalue weighted by atomic mass is 10.3. The molecule has 1 aromatic rings. The third-order valence-electron chi connectivity index (χ3n) is 1.96. The smallest absolute Gasteiger partial charge is 0.0613 e. The minimum absolute atomic E-state index is 0.408. The molecule has 0 bridgehead atoms. The second kappa shape index (κ2) is 5.04. The number of rotatable bonds is 5. The van der Waals surface area contributed by atoms with E-state index in [9.17, 15) is 0 Å². The van der Waals surface area contributed by atoms with Crippen LogP contribution in [0, 0.1) is 0 Å². The van der Waals surface area contributed by atoms with Crippen molar-refractivity contribution in [2.75, 3.05) is 13.7 Å². The standard InChI is InChI=1S/C10H18N2O/c1-9(8-13-3)11-6-10-4-5-12(2)7-10/h4-5,7,9,11H,6,8H2,1-3H3. The molecule has 0 saturated carbocycles. The summed E-state index contributed by atoms with van der Waals surface area (Å²) in [6.45, 7) is 3.78. The summed E-state index contributed by atoms with van der Waals surface area (Å²) < 4.78 is 7.08. The van der Waals surface area contributed by atoms with E-state index in [1.54, 1.807) is 7.11 Å². The predicted octanol–water partition coefficient (Wildman–Crippen LogP) is 1.15. The zero-order valence-corrected chi connectivity index (χ0v) is 8.58. The number of hydrogen-bond acceptors (Lipinski definition) is 2. The van der Waals surface area contributed by atoms with Crippen LogP contribution in [-0.4, -0.2) is 24.3 Å². The number of hydrogen-bond donors (Lipinski definition) is 1. The molecule has 74 valence electrons. The van der Waals surface area contributed by atoms with Gasteiger partial charge in [-0.05, 0) is 18.6 Å².